The molecule has 2 N–H and O–H groups in total. The van der Waals surface area contributed by atoms with E-state index in [1.165, 1.54) is 24.3 Å². The third-order valence-electron chi connectivity index (χ3n) is 2.56. The highest BCUT2D eigenvalue weighted by atomic mass is 32.2. The van der Waals surface area contributed by atoms with Gasteiger partial charge in [-0.05, 0) is 12.0 Å². The second-order valence-corrected chi connectivity index (χ2v) is 5.84. The largest absolute Gasteiger partial charge is 0.395 e. The van der Waals surface area contributed by atoms with Crippen LogP contribution >= 0.6 is 0 Å². The van der Waals surface area contributed by atoms with E-state index >= 15 is 0 Å². The van der Waals surface area contributed by atoms with Gasteiger partial charge in [0, 0.05) is 18.2 Å². The van der Waals surface area contributed by atoms with Crippen LogP contribution in [0.1, 0.15) is 18.9 Å². The normalized spacial score (nSPS) is 13.2. The Kier molecular flexibility index (Phi) is 5.40. The van der Waals surface area contributed by atoms with Crippen LogP contribution in [0.2, 0.25) is 0 Å². The van der Waals surface area contributed by atoms with Gasteiger partial charge >= 0.3 is 0 Å². The van der Waals surface area contributed by atoms with Crippen molar-refractivity contribution < 1.29 is 18.4 Å². The first-order valence-corrected chi connectivity index (χ1v) is 7.37. The molecule has 1 rings (SSSR count). The number of aliphatic hydroxyl groups is 1. The molecule has 0 aliphatic heterocycles. The Bertz CT molecular complexity index is 523. The van der Waals surface area contributed by atoms with Gasteiger partial charge in [-0.25, -0.2) is 13.1 Å². The fourth-order valence-corrected chi connectivity index (χ4v) is 2.94. The molecule has 1 aromatic rings. The van der Waals surface area contributed by atoms with Crippen molar-refractivity contribution in [2.75, 3.05) is 6.61 Å². The topological polar surface area (TPSA) is 110 Å². The van der Waals surface area contributed by atoms with Crippen molar-refractivity contribution in [3.05, 3.63) is 39.9 Å². The lowest BCUT2D eigenvalue weighted by Gasteiger charge is -2.14. The van der Waals surface area contributed by atoms with E-state index in [1.54, 1.807) is 6.92 Å². The van der Waals surface area contributed by atoms with Gasteiger partial charge in [0.2, 0.25) is 10.0 Å². The standard InChI is InChI=1S/C11H16N2O5S/c1-2-10(7-14)12-19(17,18)8-9-3-5-11(6-4-9)13(15)16/h3-6,10,12,14H,2,7-8H2,1H3. The summed E-state index contributed by atoms with van der Waals surface area (Å²) < 4.78 is 25.9. The van der Waals surface area contributed by atoms with Gasteiger partial charge in [-0.15, -0.1) is 0 Å². The molecule has 106 valence electrons. The first-order valence-electron chi connectivity index (χ1n) is 5.72. The summed E-state index contributed by atoms with van der Waals surface area (Å²) in [5, 5.41) is 19.4. The molecule has 1 atom stereocenters. The molecule has 0 amide bonds. The van der Waals surface area contributed by atoms with Crippen molar-refractivity contribution >= 4 is 15.7 Å². The first-order chi connectivity index (χ1) is 8.88. The van der Waals surface area contributed by atoms with Crippen LogP contribution in [0.15, 0.2) is 24.3 Å². The van der Waals surface area contributed by atoms with Gasteiger partial charge in [0.1, 0.15) is 0 Å². The minimum Gasteiger partial charge on any atom is -0.395 e. The van der Waals surface area contributed by atoms with Gasteiger partial charge in [-0.2, -0.15) is 0 Å². The molecule has 1 unspecified atom stereocenters. The zero-order chi connectivity index (χ0) is 14.5. The number of hydrogen-bond acceptors (Lipinski definition) is 5. The van der Waals surface area contributed by atoms with Crippen LogP contribution in [0.3, 0.4) is 0 Å². The van der Waals surface area contributed by atoms with Crippen molar-refractivity contribution in [2.24, 2.45) is 0 Å². The van der Waals surface area contributed by atoms with Gasteiger partial charge in [0.15, 0.2) is 0 Å². The Morgan fingerprint density at radius 1 is 1.37 bits per heavy atom. The maximum absolute atomic E-state index is 11.8. The van der Waals surface area contributed by atoms with Crippen LogP contribution < -0.4 is 4.72 Å². The maximum atomic E-state index is 11.8. The number of aliphatic hydroxyl groups excluding tert-OH is 1. The number of nitrogens with zero attached hydrogens (tertiary/aromatic N) is 1. The van der Waals surface area contributed by atoms with E-state index in [9.17, 15) is 18.5 Å². The van der Waals surface area contributed by atoms with E-state index in [4.69, 9.17) is 5.11 Å². The predicted molar refractivity (Wildman–Crippen MR) is 70.0 cm³/mol. The number of rotatable bonds is 7. The van der Waals surface area contributed by atoms with Crippen molar-refractivity contribution in [2.45, 2.75) is 25.1 Å². The first kappa shape index (κ1) is 15.5. The highest BCUT2D eigenvalue weighted by molar-refractivity contribution is 7.88. The average Bonchev–Trinajstić information content (AvgIpc) is 2.36. The predicted octanol–water partition coefficient (Wildman–Crippen LogP) is 0.785. The Labute approximate surface area is 111 Å². The monoisotopic (exact) mass is 288 g/mol. The van der Waals surface area contributed by atoms with Crippen molar-refractivity contribution in [1.29, 1.82) is 0 Å². The van der Waals surface area contributed by atoms with Crippen LogP contribution in [-0.2, 0) is 15.8 Å². The molecule has 8 heteroatoms. The van der Waals surface area contributed by atoms with Crippen LogP contribution in [0.4, 0.5) is 5.69 Å². The summed E-state index contributed by atoms with van der Waals surface area (Å²) in [5.41, 5.74) is 0.363. The van der Waals surface area contributed by atoms with Gasteiger partial charge in [0.25, 0.3) is 5.69 Å². The van der Waals surface area contributed by atoms with Gasteiger partial charge in [0.05, 0.1) is 17.3 Å². The van der Waals surface area contributed by atoms with E-state index in [0.717, 1.165) is 0 Å². The number of nitro groups is 1. The van der Waals surface area contributed by atoms with Crippen LogP contribution in [0, 0.1) is 10.1 Å². The Balaban J connectivity index is 2.75. The lowest BCUT2D eigenvalue weighted by Crippen LogP contribution is -2.37. The summed E-state index contributed by atoms with van der Waals surface area (Å²) in [6.07, 6.45) is 0.482. The number of sulfonamides is 1. The van der Waals surface area contributed by atoms with Crippen LogP contribution in [0.25, 0.3) is 0 Å². The summed E-state index contributed by atoms with van der Waals surface area (Å²) in [6, 6.07) is 4.81. The highest BCUT2D eigenvalue weighted by Gasteiger charge is 2.17. The molecule has 0 spiro atoms. The quantitative estimate of drug-likeness (QED) is 0.569. The zero-order valence-corrected chi connectivity index (χ0v) is 11.3. The molecule has 1 aromatic carbocycles. The molecule has 7 nitrogen and oxygen atoms in total. The molecule has 19 heavy (non-hydrogen) atoms. The van der Waals surface area contributed by atoms with Crippen molar-refractivity contribution in [1.82, 2.24) is 4.72 Å². The van der Waals surface area contributed by atoms with E-state index in [2.05, 4.69) is 4.72 Å². The van der Waals surface area contributed by atoms with Crippen molar-refractivity contribution in [3.8, 4) is 0 Å². The third kappa shape index (κ3) is 4.93. The SMILES string of the molecule is CCC(CO)NS(=O)(=O)Cc1ccc([N+](=O)[O-])cc1. The molecule has 0 aliphatic rings. The van der Waals surface area contributed by atoms with Crippen molar-refractivity contribution in [3.63, 3.8) is 0 Å². The Hall–Kier alpha value is -1.51. The molecule has 0 saturated heterocycles. The molecule has 0 bridgehead atoms. The maximum Gasteiger partial charge on any atom is 0.269 e. The molecule has 0 aromatic heterocycles. The molecule has 0 fully saturated rings. The summed E-state index contributed by atoms with van der Waals surface area (Å²) in [7, 11) is -3.57. The minimum atomic E-state index is -3.57. The second kappa shape index (κ2) is 6.60. The number of nitro benzene ring substituents is 1. The average molecular weight is 288 g/mol. The van der Waals surface area contributed by atoms with Gasteiger partial charge in [-0.1, -0.05) is 19.1 Å². The van der Waals surface area contributed by atoms with E-state index in [1.807, 2.05) is 0 Å². The van der Waals surface area contributed by atoms with E-state index in [0.29, 0.717) is 12.0 Å². The molecule has 0 radical (unpaired) electrons. The summed E-state index contributed by atoms with van der Waals surface area (Å²) in [5.74, 6) is -0.276. The van der Waals surface area contributed by atoms with E-state index < -0.39 is 21.0 Å². The van der Waals surface area contributed by atoms with Crippen LogP contribution in [-0.4, -0.2) is 31.1 Å². The number of benzene rings is 1. The fourth-order valence-electron chi connectivity index (χ4n) is 1.48. The van der Waals surface area contributed by atoms with Crippen LogP contribution in [0.5, 0.6) is 0 Å². The smallest absolute Gasteiger partial charge is 0.269 e. The lowest BCUT2D eigenvalue weighted by atomic mass is 10.2. The minimum absolute atomic E-state index is 0.0871. The molecule has 0 aliphatic carbocycles. The number of hydrogen-bond donors (Lipinski definition) is 2. The third-order valence-corrected chi connectivity index (χ3v) is 3.97. The zero-order valence-electron chi connectivity index (χ0n) is 10.4. The lowest BCUT2D eigenvalue weighted by molar-refractivity contribution is -0.384. The molecular weight excluding hydrogens is 272 g/mol. The van der Waals surface area contributed by atoms with Gasteiger partial charge < -0.3 is 5.11 Å². The second-order valence-electron chi connectivity index (χ2n) is 4.09. The number of nitrogens with one attached hydrogen (secondary N) is 1. The molecule has 0 saturated carbocycles. The summed E-state index contributed by atoms with van der Waals surface area (Å²) in [4.78, 5) is 9.92. The van der Waals surface area contributed by atoms with Gasteiger partial charge in [-0.3, -0.25) is 10.1 Å². The Morgan fingerprint density at radius 3 is 2.37 bits per heavy atom. The molecule has 0 heterocycles. The highest BCUT2D eigenvalue weighted by Crippen LogP contribution is 2.13. The fraction of sp³-hybridized carbons (Fsp3) is 0.455. The summed E-state index contributed by atoms with van der Waals surface area (Å²) in [6.45, 7) is 1.49. The summed E-state index contributed by atoms with van der Waals surface area (Å²) >= 11 is 0. The Morgan fingerprint density at radius 2 is 1.95 bits per heavy atom. The number of non-ortho nitro benzene ring substituents is 1. The molecular formula is C11H16N2O5S. The van der Waals surface area contributed by atoms with E-state index in [-0.39, 0.29) is 18.0 Å².